The van der Waals surface area contributed by atoms with E-state index in [-0.39, 0.29) is 4.90 Å². The molecule has 0 heterocycles. The van der Waals surface area contributed by atoms with E-state index in [4.69, 9.17) is 5.73 Å². The average molecular weight is 269 g/mol. The van der Waals surface area contributed by atoms with E-state index in [9.17, 15) is 8.42 Å². The Hall–Kier alpha value is -1.27. The molecular weight excluding hydrogens is 250 g/mol. The number of nitrogen functional groups attached to an aromatic ring is 1. The monoisotopic (exact) mass is 269 g/mol. The zero-order valence-corrected chi connectivity index (χ0v) is 11.3. The van der Waals surface area contributed by atoms with Crippen molar-refractivity contribution in [2.24, 2.45) is 5.92 Å². The van der Waals surface area contributed by atoms with E-state index in [2.05, 4.69) is 10.0 Å². The number of hydrogen-bond donors (Lipinski definition) is 3. The second-order valence-corrected chi connectivity index (χ2v) is 6.50. The third-order valence-electron chi connectivity index (χ3n) is 3.17. The standard InChI is InChI=1S/C12H19N3O2S/c1-14-18(16,17)10-4-5-12(11(13)8-10)15-7-6-9-2-3-9/h4-5,8-9,14-15H,2-3,6-7,13H2,1H3. The van der Waals surface area contributed by atoms with Gasteiger partial charge in [0, 0.05) is 6.54 Å². The Labute approximate surface area is 108 Å². The maximum absolute atomic E-state index is 11.6. The number of sulfonamides is 1. The van der Waals surface area contributed by atoms with Gasteiger partial charge in [0.1, 0.15) is 0 Å². The van der Waals surface area contributed by atoms with Gasteiger partial charge in [0.15, 0.2) is 0 Å². The van der Waals surface area contributed by atoms with Crippen LogP contribution >= 0.6 is 0 Å². The van der Waals surface area contributed by atoms with Crippen LogP contribution in [0, 0.1) is 5.92 Å². The molecule has 0 aliphatic heterocycles. The first-order valence-corrected chi connectivity index (χ1v) is 7.58. The van der Waals surface area contributed by atoms with Gasteiger partial charge in [-0.1, -0.05) is 12.8 Å². The smallest absolute Gasteiger partial charge is 0.240 e. The minimum absolute atomic E-state index is 0.190. The molecule has 1 aliphatic rings. The quantitative estimate of drug-likeness (QED) is 0.681. The van der Waals surface area contributed by atoms with Crippen molar-refractivity contribution in [2.45, 2.75) is 24.2 Å². The lowest BCUT2D eigenvalue weighted by Gasteiger charge is -2.10. The molecule has 2 rings (SSSR count). The van der Waals surface area contributed by atoms with Crippen molar-refractivity contribution in [3.63, 3.8) is 0 Å². The van der Waals surface area contributed by atoms with Crippen molar-refractivity contribution in [3.8, 4) is 0 Å². The summed E-state index contributed by atoms with van der Waals surface area (Å²) in [6.07, 6.45) is 3.81. The highest BCUT2D eigenvalue weighted by atomic mass is 32.2. The number of nitrogens with one attached hydrogen (secondary N) is 2. The number of anilines is 2. The number of hydrogen-bond acceptors (Lipinski definition) is 4. The molecule has 0 amide bonds. The van der Waals surface area contributed by atoms with E-state index in [1.54, 1.807) is 12.1 Å². The zero-order chi connectivity index (χ0) is 13.2. The Morgan fingerprint density at radius 3 is 2.67 bits per heavy atom. The molecule has 0 spiro atoms. The van der Waals surface area contributed by atoms with Crippen LogP contribution in [0.4, 0.5) is 11.4 Å². The summed E-state index contributed by atoms with van der Waals surface area (Å²) in [5.74, 6) is 0.864. The maximum atomic E-state index is 11.6. The van der Waals surface area contributed by atoms with Gasteiger partial charge in [-0.25, -0.2) is 13.1 Å². The van der Waals surface area contributed by atoms with Crippen LogP contribution in [-0.2, 0) is 10.0 Å². The molecule has 0 saturated heterocycles. The van der Waals surface area contributed by atoms with Crippen LogP contribution in [0.1, 0.15) is 19.3 Å². The summed E-state index contributed by atoms with van der Waals surface area (Å²) < 4.78 is 25.4. The van der Waals surface area contributed by atoms with Gasteiger partial charge in [0.05, 0.1) is 16.3 Å². The molecule has 0 atom stereocenters. The third-order valence-corrected chi connectivity index (χ3v) is 4.58. The minimum atomic E-state index is -3.42. The Kier molecular flexibility index (Phi) is 3.77. The van der Waals surface area contributed by atoms with Crippen molar-refractivity contribution >= 4 is 21.4 Å². The minimum Gasteiger partial charge on any atom is -0.397 e. The molecular formula is C12H19N3O2S. The normalized spacial score (nSPS) is 15.6. The van der Waals surface area contributed by atoms with Crippen molar-refractivity contribution in [3.05, 3.63) is 18.2 Å². The molecule has 4 N–H and O–H groups in total. The summed E-state index contributed by atoms with van der Waals surface area (Å²) >= 11 is 0. The van der Waals surface area contributed by atoms with Crippen LogP contribution in [0.3, 0.4) is 0 Å². The summed E-state index contributed by atoms with van der Waals surface area (Å²) in [7, 11) is -2.04. The lowest BCUT2D eigenvalue weighted by molar-refractivity contribution is 0.588. The Morgan fingerprint density at radius 1 is 1.39 bits per heavy atom. The van der Waals surface area contributed by atoms with Gasteiger partial charge in [-0.3, -0.25) is 0 Å². The summed E-state index contributed by atoms with van der Waals surface area (Å²) in [5, 5.41) is 3.24. The highest BCUT2D eigenvalue weighted by Gasteiger charge is 2.20. The van der Waals surface area contributed by atoms with E-state index in [1.807, 2.05) is 0 Å². The van der Waals surface area contributed by atoms with Gasteiger partial charge >= 0.3 is 0 Å². The molecule has 1 aromatic rings. The Morgan fingerprint density at radius 2 is 2.11 bits per heavy atom. The van der Waals surface area contributed by atoms with E-state index >= 15 is 0 Å². The molecule has 5 nitrogen and oxygen atoms in total. The summed E-state index contributed by atoms with van der Waals surface area (Å²) in [6, 6.07) is 4.75. The molecule has 1 fully saturated rings. The molecule has 1 saturated carbocycles. The van der Waals surface area contributed by atoms with Gasteiger partial charge in [-0.2, -0.15) is 0 Å². The first kappa shape index (κ1) is 13.2. The second kappa shape index (κ2) is 5.16. The fourth-order valence-corrected chi connectivity index (χ4v) is 2.57. The first-order chi connectivity index (χ1) is 8.53. The topological polar surface area (TPSA) is 84.2 Å². The predicted molar refractivity (Wildman–Crippen MR) is 72.9 cm³/mol. The fraction of sp³-hybridized carbons (Fsp3) is 0.500. The van der Waals surface area contributed by atoms with Crippen LogP contribution in [0.2, 0.25) is 0 Å². The van der Waals surface area contributed by atoms with Crippen molar-refractivity contribution in [1.29, 1.82) is 0 Å². The molecule has 100 valence electrons. The van der Waals surface area contributed by atoms with Gasteiger partial charge in [-0.15, -0.1) is 0 Å². The molecule has 0 bridgehead atoms. The number of nitrogens with two attached hydrogens (primary N) is 1. The van der Waals surface area contributed by atoms with Crippen LogP contribution in [0.5, 0.6) is 0 Å². The molecule has 18 heavy (non-hydrogen) atoms. The predicted octanol–water partition coefficient (Wildman–Crippen LogP) is 1.39. The molecule has 1 aromatic carbocycles. The molecule has 0 unspecified atom stereocenters. The summed E-state index contributed by atoms with van der Waals surface area (Å²) in [6.45, 7) is 0.882. The molecule has 6 heteroatoms. The van der Waals surface area contributed by atoms with Gasteiger partial charge in [0.2, 0.25) is 10.0 Å². The number of rotatable bonds is 6. The van der Waals surface area contributed by atoms with E-state index in [0.717, 1.165) is 24.6 Å². The Balaban J connectivity index is 2.04. The number of benzene rings is 1. The average Bonchev–Trinajstić information content (AvgIpc) is 3.15. The van der Waals surface area contributed by atoms with Crippen LogP contribution in [0.15, 0.2) is 23.1 Å². The van der Waals surface area contributed by atoms with Crippen molar-refractivity contribution in [2.75, 3.05) is 24.6 Å². The summed E-state index contributed by atoms with van der Waals surface area (Å²) in [4.78, 5) is 0.190. The highest BCUT2D eigenvalue weighted by Crippen LogP contribution is 2.32. The second-order valence-electron chi connectivity index (χ2n) is 4.62. The molecule has 0 radical (unpaired) electrons. The van der Waals surface area contributed by atoms with Gasteiger partial charge in [-0.05, 0) is 37.6 Å². The Bertz CT molecular complexity index is 524. The van der Waals surface area contributed by atoms with Gasteiger partial charge < -0.3 is 11.1 Å². The van der Waals surface area contributed by atoms with Crippen LogP contribution in [-0.4, -0.2) is 22.0 Å². The molecule has 1 aliphatic carbocycles. The lowest BCUT2D eigenvalue weighted by Crippen LogP contribution is -2.18. The van der Waals surface area contributed by atoms with Crippen molar-refractivity contribution < 1.29 is 8.42 Å². The van der Waals surface area contributed by atoms with Gasteiger partial charge in [0.25, 0.3) is 0 Å². The van der Waals surface area contributed by atoms with E-state index < -0.39 is 10.0 Å². The van der Waals surface area contributed by atoms with Crippen molar-refractivity contribution in [1.82, 2.24) is 4.72 Å². The fourth-order valence-electron chi connectivity index (χ4n) is 1.80. The zero-order valence-electron chi connectivity index (χ0n) is 10.4. The summed E-state index contributed by atoms with van der Waals surface area (Å²) in [5.41, 5.74) is 7.11. The van der Waals surface area contributed by atoms with Crippen LogP contribution < -0.4 is 15.8 Å². The van der Waals surface area contributed by atoms with Crippen LogP contribution in [0.25, 0.3) is 0 Å². The maximum Gasteiger partial charge on any atom is 0.240 e. The largest absolute Gasteiger partial charge is 0.397 e. The lowest BCUT2D eigenvalue weighted by atomic mass is 10.2. The van der Waals surface area contributed by atoms with E-state index in [0.29, 0.717) is 5.69 Å². The third kappa shape index (κ3) is 3.14. The highest BCUT2D eigenvalue weighted by molar-refractivity contribution is 7.89. The first-order valence-electron chi connectivity index (χ1n) is 6.10. The molecule has 0 aromatic heterocycles. The SMILES string of the molecule is CNS(=O)(=O)c1ccc(NCCC2CC2)c(N)c1. The van der Waals surface area contributed by atoms with E-state index in [1.165, 1.54) is 26.0 Å².